The summed E-state index contributed by atoms with van der Waals surface area (Å²) in [6, 6.07) is 19.3. The Morgan fingerprint density at radius 2 is 1.80 bits per heavy atom. The fraction of sp³-hybridized carbons (Fsp3) is 0.300. The molecule has 25 heavy (non-hydrogen) atoms. The highest BCUT2D eigenvalue weighted by atomic mass is 16.5. The van der Waals surface area contributed by atoms with Gasteiger partial charge in [0.1, 0.15) is 5.75 Å². The van der Waals surface area contributed by atoms with E-state index in [0.717, 1.165) is 17.0 Å². The molecular formula is C20H23N3O2. The first-order chi connectivity index (χ1) is 12.2. The second-order valence-electron chi connectivity index (χ2n) is 5.77. The Labute approximate surface area is 149 Å². The lowest BCUT2D eigenvalue weighted by atomic mass is 10.2. The van der Waals surface area contributed by atoms with E-state index in [0.29, 0.717) is 19.5 Å². The fourth-order valence-corrected chi connectivity index (χ4v) is 2.66. The van der Waals surface area contributed by atoms with Crippen LogP contribution in [0, 0.1) is 11.3 Å². The first kappa shape index (κ1) is 18.5. The van der Waals surface area contributed by atoms with Crippen molar-refractivity contribution >= 4 is 11.6 Å². The van der Waals surface area contributed by atoms with Gasteiger partial charge in [0, 0.05) is 24.3 Å². The molecule has 0 unspecified atom stereocenters. The lowest BCUT2D eigenvalue weighted by Gasteiger charge is -2.25. The molecule has 2 rings (SSSR count). The summed E-state index contributed by atoms with van der Waals surface area (Å²) in [6.07, 6.45) is 0.302. The average Bonchev–Trinajstić information content (AvgIpc) is 2.63. The van der Waals surface area contributed by atoms with Crippen LogP contribution < -0.4 is 9.64 Å². The molecule has 0 aliphatic carbocycles. The van der Waals surface area contributed by atoms with Crippen LogP contribution in [0.15, 0.2) is 54.6 Å². The first-order valence-corrected chi connectivity index (χ1v) is 8.18. The van der Waals surface area contributed by atoms with Crippen LogP contribution in [0.5, 0.6) is 5.75 Å². The van der Waals surface area contributed by atoms with Gasteiger partial charge in [-0.05, 0) is 25.2 Å². The van der Waals surface area contributed by atoms with Gasteiger partial charge in [-0.2, -0.15) is 5.26 Å². The van der Waals surface area contributed by atoms with Crippen LogP contribution >= 0.6 is 0 Å². The van der Waals surface area contributed by atoms with Crippen molar-refractivity contribution in [2.45, 2.75) is 13.0 Å². The highest BCUT2D eigenvalue weighted by molar-refractivity contribution is 5.94. The van der Waals surface area contributed by atoms with Crippen molar-refractivity contribution in [1.82, 2.24) is 4.90 Å². The number of nitriles is 1. The minimum Gasteiger partial charge on any atom is -0.496 e. The van der Waals surface area contributed by atoms with Crippen LogP contribution in [0.2, 0.25) is 0 Å². The van der Waals surface area contributed by atoms with E-state index in [1.54, 1.807) is 12.0 Å². The Morgan fingerprint density at radius 3 is 2.48 bits per heavy atom. The summed E-state index contributed by atoms with van der Waals surface area (Å²) in [4.78, 5) is 16.4. The first-order valence-electron chi connectivity index (χ1n) is 8.18. The van der Waals surface area contributed by atoms with E-state index in [1.165, 1.54) is 0 Å². The van der Waals surface area contributed by atoms with Crippen molar-refractivity contribution < 1.29 is 9.53 Å². The molecular weight excluding hydrogens is 314 g/mol. The number of hydrogen-bond acceptors (Lipinski definition) is 4. The third-order valence-electron chi connectivity index (χ3n) is 3.85. The highest BCUT2D eigenvalue weighted by Crippen LogP contribution is 2.19. The van der Waals surface area contributed by atoms with Crippen LogP contribution in [0.25, 0.3) is 0 Å². The molecule has 2 aromatic rings. The van der Waals surface area contributed by atoms with Crippen LogP contribution in [-0.2, 0) is 11.3 Å². The third-order valence-corrected chi connectivity index (χ3v) is 3.85. The van der Waals surface area contributed by atoms with Gasteiger partial charge in [0.05, 0.1) is 26.1 Å². The number of nitrogens with zero attached hydrogens (tertiary/aromatic N) is 3. The number of methoxy groups -OCH3 is 1. The number of amides is 1. The van der Waals surface area contributed by atoms with Gasteiger partial charge >= 0.3 is 0 Å². The zero-order chi connectivity index (χ0) is 18.1. The van der Waals surface area contributed by atoms with Gasteiger partial charge in [-0.15, -0.1) is 0 Å². The fourth-order valence-electron chi connectivity index (χ4n) is 2.66. The van der Waals surface area contributed by atoms with Gasteiger partial charge in [0.25, 0.3) is 0 Å². The van der Waals surface area contributed by atoms with Crippen molar-refractivity contribution in [1.29, 1.82) is 5.26 Å². The van der Waals surface area contributed by atoms with Gasteiger partial charge in [0.2, 0.25) is 5.91 Å². The van der Waals surface area contributed by atoms with Crippen molar-refractivity contribution in [3.63, 3.8) is 0 Å². The van der Waals surface area contributed by atoms with E-state index in [-0.39, 0.29) is 12.5 Å². The summed E-state index contributed by atoms with van der Waals surface area (Å²) < 4.78 is 5.36. The Balaban J connectivity index is 2.05. The predicted molar refractivity (Wildman–Crippen MR) is 98.4 cm³/mol. The number of likely N-dealkylation sites (N-methyl/N-ethyl adjacent to an activating group) is 1. The van der Waals surface area contributed by atoms with E-state index in [1.807, 2.05) is 66.5 Å². The van der Waals surface area contributed by atoms with Crippen LogP contribution in [-0.4, -0.2) is 38.1 Å². The standard InChI is InChI=1S/C20H23N3O2/c1-22(15-17-9-6-7-12-19(17)25-2)16-20(24)23(14-8-13-21)18-10-4-3-5-11-18/h3-7,9-12H,8,14-16H2,1-2H3. The molecule has 0 spiro atoms. The van der Waals surface area contributed by atoms with Crippen molar-refractivity contribution in [3.8, 4) is 11.8 Å². The molecule has 0 aliphatic heterocycles. The summed E-state index contributed by atoms with van der Waals surface area (Å²) >= 11 is 0. The summed E-state index contributed by atoms with van der Waals surface area (Å²) in [5.41, 5.74) is 1.84. The second kappa shape index (κ2) is 9.45. The van der Waals surface area contributed by atoms with E-state index in [9.17, 15) is 4.79 Å². The molecule has 5 nitrogen and oxygen atoms in total. The SMILES string of the molecule is COc1ccccc1CN(C)CC(=O)N(CCC#N)c1ccccc1. The Bertz CT molecular complexity index is 725. The number of ether oxygens (including phenoxy) is 1. The number of anilines is 1. The van der Waals surface area contributed by atoms with Gasteiger partial charge in [-0.1, -0.05) is 36.4 Å². The predicted octanol–water partition coefficient (Wildman–Crippen LogP) is 3.07. The smallest absolute Gasteiger partial charge is 0.241 e. The minimum atomic E-state index is -0.0288. The molecule has 0 aliphatic rings. The van der Waals surface area contributed by atoms with Crippen LogP contribution in [0.4, 0.5) is 5.69 Å². The second-order valence-corrected chi connectivity index (χ2v) is 5.77. The zero-order valence-electron chi connectivity index (χ0n) is 14.7. The lowest BCUT2D eigenvalue weighted by molar-refractivity contribution is -0.119. The monoisotopic (exact) mass is 337 g/mol. The molecule has 130 valence electrons. The van der Waals surface area contributed by atoms with E-state index < -0.39 is 0 Å². The molecule has 0 N–H and O–H groups in total. The van der Waals surface area contributed by atoms with Gasteiger partial charge in [-0.25, -0.2) is 0 Å². The van der Waals surface area contributed by atoms with Crippen LogP contribution in [0.3, 0.4) is 0 Å². The molecule has 0 fully saturated rings. The largest absolute Gasteiger partial charge is 0.496 e. The minimum absolute atomic E-state index is 0.0288. The van der Waals surface area contributed by atoms with E-state index >= 15 is 0 Å². The number of benzene rings is 2. The molecule has 0 radical (unpaired) electrons. The Kier molecular flexibility index (Phi) is 7.00. The van der Waals surface area contributed by atoms with Crippen molar-refractivity contribution in [2.75, 3.05) is 32.1 Å². The molecule has 0 saturated heterocycles. The van der Waals surface area contributed by atoms with Gasteiger partial charge in [0.15, 0.2) is 0 Å². The van der Waals surface area contributed by atoms with E-state index in [4.69, 9.17) is 10.00 Å². The molecule has 0 atom stereocenters. The summed E-state index contributed by atoms with van der Waals surface area (Å²) in [5.74, 6) is 0.782. The molecule has 2 aromatic carbocycles. The van der Waals surface area contributed by atoms with Gasteiger partial charge < -0.3 is 9.64 Å². The normalized spacial score (nSPS) is 10.3. The number of para-hydroxylation sites is 2. The maximum Gasteiger partial charge on any atom is 0.241 e. The van der Waals surface area contributed by atoms with Crippen molar-refractivity contribution in [3.05, 3.63) is 60.2 Å². The molecule has 0 saturated carbocycles. The van der Waals surface area contributed by atoms with Crippen molar-refractivity contribution in [2.24, 2.45) is 0 Å². The number of carbonyl (C=O) groups excluding carboxylic acids is 1. The maximum atomic E-state index is 12.7. The molecule has 0 heterocycles. The Hall–Kier alpha value is -2.84. The molecule has 0 bridgehead atoms. The summed E-state index contributed by atoms with van der Waals surface area (Å²) in [6.45, 7) is 1.26. The molecule has 0 aromatic heterocycles. The average molecular weight is 337 g/mol. The Morgan fingerprint density at radius 1 is 1.12 bits per heavy atom. The molecule has 1 amide bonds. The lowest BCUT2D eigenvalue weighted by Crippen LogP contribution is -2.39. The van der Waals surface area contributed by atoms with Crippen LogP contribution in [0.1, 0.15) is 12.0 Å². The van der Waals surface area contributed by atoms with Gasteiger partial charge in [-0.3, -0.25) is 9.69 Å². The van der Waals surface area contributed by atoms with E-state index in [2.05, 4.69) is 6.07 Å². The number of hydrogen-bond donors (Lipinski definition) is 0. The summed E-state index contributed by atoms with van der Waals surface area (Å²) in [7, 11) is 3.54. The zero-order valence-corrected chi connectivity index (χ0v) is 14.7. The number of carbonyl (C=O) groups is 1. The summed E-state index contributed by atoms with van der Waals surface area (Å²) in [5, 5.41) is 8.87. The topological polar surface area (TPSA) is 56.6 Å². The number of rotatable bonds is 8. The highest BCUT2D eigenvalue weighted by Gasteiger charge is 2.17. The third kappa shape index (κ3) is 5.33. The molecule has 5 heteroatoms. The quantitative estimate of drug-likeness (QED) is 0.743. The maximum absolute atomic E-state index is 12.7.